The summed E-state index contributed by atoms with van der Waals surface area (Å²) in [4.78, 5) is 11.6. The molecule has 94 valence electrons. The molecular formula is C13H26N2O. The number of hydrogen-bond acceptors (Lipinski definition) is 2. The van der Waals surface area contributed by atoms with Crippen LogP contribution in [-0.2, 0) is 4.79 Å². The molecule has 3 heteroatoms. The van der Waals surface area contributed by atoms with E-state index >= 15 is 0 Å². The van der Waals surface area contributed by atoms with Gasteiger partial charge in [0.05, 0.1) is 0 Å². The zero-order chi connectivity index (χ0) is 12.8. The van der Waals surface area contributed by atoms with Gasteiger partial charge in [-0.15, -0.1) is 0 Å². The molecule has 0 bridgehead atoms. The molecule has 0 spiro atoms. The van der Waals surface area contributed by atoms with Crippen molar-refractivity contribution in [1.82, 2.24) is 5.32 Å². The maximum Gasteiger partial charge on any atom is 0.221 e. The van der Waals surface area contributed by atoms with Gasteiger partial charge in [-0.05, 0) is 30.6 Å². The van der Waals surface area contributed by atoms with E-state index in [1.54, 1.807) is 0 Å². The van der Waals surface area contributed by atoms with E-state index in [1.165, 1.54) is 0 Å². The topological polar surface area (TPSA) is 55.1 Å². The summed E-state index contributed by atoms with van der Waals surface area (Å²) in [7, 11) is 0. The van der Waals surface area contributed by atoms with E-state index < -0.39 is 5.54 Å². The highest BCUT2D eigenvalue weighted by Gasteiger charge is 2.64. The lowest BCUT2D eigenvalue weighted by atomic mass is 10.0. The standard InChI is InChI=1S/C13H26N2O/c1-11(2,14)7-10(16)15-8-9-12(3,4)13(9,5)6/h9H,7-8,14H2,1-6H3,(H,15,16). The first kappa shape index (κ1) is 13.5. The lowest BCUT2D eigenvalue weighted by molar-refractivity contribution is -0.122. The van der Waals surface area contributed by atoms with Crippen molar-refractivity contribution in [3.8, 4) is 0 Å². The molecule has 3 N–H and O–H groups in total. The van der Waals surface area contributed by atoms with Crippen LogP contribution < -0.4 is 11.1 Å². The molecule has 0 aromatic carbocycles. The van der Waals surface area contributed by atoms with E-state index in [0.717, 1.165) is 6.54 Å². The highest BCUT2D eigenvalue weighted by molar-refractivity contribution is 5.77. The van der Waals surface area contributed by atoms with Crippen LogP contribution in [0.3, 0.4) is 0 Å². The monoisotopic (exact) mass is 226 g/mol. The van der Waals surface area contributed by atoms with E-state index in [0.29, 0.717) is 23.2 Å². The van der Waals surface area contributed by atoms with Crippen molar-refractivity contribution in [3.63, 3.8) is 0 Å². The van der Waals surface area contributed by atoms with Gasteiger partial charge >= 0.3 is 0 Å². The van der Waals surface area contributed by atoms with Crippen LogP contribution in [0.4, 0.5) is 0 Å². The van der Waals surface area contributed by atoms with Gasteiger partial charge in [0.1, 0.15) is 0 Å². The Morgan fingerprint density at radius 3 is 2.00 bits per heavy atom. The van der Waals surface area contributed by atoms with Gasteiger partial charge in [0.25, 0.3) is 0 Å². The lowest BCUT2D eigenvalue weighted by Crippen LogP contribution is -2.39. The molecule has 16 heavy (non-hydrogen) atoms. The molecular weight excluding hydrogens is 200 g/mol. The maximum absolute atomic E-state index is 11.6. The molecule has 1 fully saturated rings. The molecule has 0 aromatic rings. The second kappa shape index (κ2) is 3.73. The van der Waals surface area contributed by atoms with Crippen LogP contribution >= 0.6 is 0 Å². The molecule has 3 nitrogen and oxygen atoms in total. The van der Waals surface area contributed by atoms with Gasteiger partial charge in [-0.3, -0.25) is 4.79 Å². The molecule has 0 aromatic heterocycles. The third kappa shape index (κ3) is 2.57. The second-order valence-electron chi connectivity index (χ2n) is 6.97. The third-order valence-electron chi connectivity index (χ3n) is 4.44. The minimum Gasteiger partial charge on any atom is -0.356 e. The summed E-state index contributed by atoms with van der Waals surface area (Å²) < 4.78 is 0. The Bertz CT molecular complexity index is 273. The predicted molar refractivity (Wildman–Crippen MR) is 66.9 cm³/mol. The van der Waals surface area contributed by atoms with Crippen LogP contribution in [0.5, 0.6) is 0 Å². The summed E-state index contributed by atoms with van der Waals surface area (Å²) in [6.45, 7) is 13.6. The van der Waals surface area contributed by atoms with Crippen LogP contribution in [0.25, 0.3) is 0 Å². The van der Waals surface area contributed by atoms with E-state index in [2.05, 4.69) is 33.0 Å². The molecule has 0 atom stereocenters. The van der Waals surface area contributed by atoms with Gasteiger partial charge in [0.2, 0.25) is 5.91 Å². The first-order valence-electron chi connectivity index (χ1n) is 6.04. The Hall–Kier alpha value is -0.570. The number of nitrogens with one attached hydrogen (secondary N) is 1. The van der Waals surface area contributed by atoms with E-state index in [4.69, 9.17) is 5.73 Å². The smallest absolute Gasteiger partial charge is 0.221 e. The van der Waals surface area contributed by atoms with E-state index in [9.17, 15) is 4.79 Å². The van der Waals surface area contributed by atoms with Crippen LogP contribution in [0.15, 0.2) is 0 Å². The lowest BCUT2D eigenvalue weighted by Gasteiger charge is -2.17. The van der Waals surface area contributed by atoms with Crippen molar-refractivity contribution >= 4 is 5.91 Å². The summed E-state index contributed by atoms with van der Waals surface area (Å²) in [6, 6.07) is 0. The summed E-state index contributed by atoms with van der Waals surface area (Å²) in [5, 5.41) is 2.99. The quantitative estimate of drug-likeness (QED) is 0.769. The van der Waals surface area contributed by atoms with Crippen molar-refractivity contribution in [2.75, 3.05) is 6.54 Å². The van der Waals surface area contributed by atoms with Crippen molar-refractivity contribution in [2.24, 2.45) is 22.5 Å². The fourth-order valence-electron chi connectivity index (χ4n) is 2.54. The Morgan fingerprint density at radius 1 is 1.25 bits per heavy atom. The first-order chi connectivity index (χ1) is 6.98. The van der Waals surface area contributed by atoms with Crippen molar-refractivity contribution in [2.45, 2.75) is 53.5 Å². The molecule has 1 saturated carbocycles. The molecule has 0 radical (unpaired) electrons. The van der Waals surface area contributed by atoms with Gasteiger partial charge in [-0.25, -0.2) is 0 Å². The summed E-state index contributed by atoms with van der Waals surface area (Å²) in [5.74, 6) is 0.635. The second-order valence-corrected chi connectivity index (χ2v) is 6.97. The Morgan fingerprint density at radius 2 is 1.69 bits per heavy atom. The average molecular weight is 226 g/mol. The van der Waals surface area contributed by atoms with Gasteiger partial charge < -0.3 is 11.1 Å². The Labute approximate surface area is 99.2 Å². The number of rotatable bonds is 4. The highest BCUT2D eigenvalue weighted by atomic mass is 16.1. The number of hydrogen-bond donors (Lipinski definition) is 2. The van der Waals surface area contributed by atoms with E-state index in [-0.39, 0.29) is 5.91 Å². The molecule has 1 aliphatic rings. The fourth-order valence-corrected chi connectivity index (χ4v) is 2.54. The number of carbonyl (C=O) groups excluding carboxylic acids is 1. The van der Waals surface area contributed by atoms with Crippen molar-refractivity contribution in [1.29, 1.82) is 0 Å². The molecule has 0 saturated heterocycles. The minimum absolute atomic E-state index is 0.0611. The number of nitrogens with two attached hydrogens (primary N) is 1. The van der Waals surface area contributed by atoms with Gasteiger partial charge in [0, 0.05) is 18.5 Å². The summed E-state index contributed by atoms with van der Waals surface area (Å²) >= 11 is 0. The SMILES string of the molecule is CC(C)(N)CC(=O)NCC1C(C)(C)C1(C)C. The normalized spacial score (nSPS) is 22.9. The van der Waals surface area contributed by atoms with Crippen LogP contribution in [0, 0.1) is 16.7 Å². The zero-order valence-electron chi connectivity index (χ0n) is 11.5. The molecule has 0 aliphatic heterocycles. The summed E-state index contributed by atoms with van der Waals surface area (Å²) in [5.41, 5.74) is 6.05. The van der Waals surface area contributed by atoms with Crippen LogP contribution in [0.2, 0.25) is 0 Å². The number of amides is 1. The molecule has 0 unspecified atom stereocenters. The number of carbonyl (C=O) groups is 1. The average Bonchev–Trinajstić information content (AvgIpc) is 2.36. The third-order valence-corrected chi connectivity index (χ3v) is 4.44. The highest BCUT2D eigenvalue weighted by Crippen LogP contribution is 2.67. The maximum atomic E-state index is 11.6. The predicted octanol–water partition coefficient (Wildman–Crippen LogP) is 1.91. The van der Waals surface area contributed by atoms with Gasteiger partial charge in [0.15, 0.2) is 0 Å². The van der Waals surface area contributed by atoms with Gasteiger partial charge in [-0.2, -0.15) is 0 Å². The Kier molecular flexibility index (Phi) is 3.14. The van der Waals surface area contributed by atoms with Crippen molar-refractivity contribution in [3.05, 3.63) is 0 Å². The molecule has 1 amide bonds. The van der Waals surface area contributed by atoms with Crippen LogP contribution in [-0.4, -0.2) is 18.0 Å². The van der Waals surface area contributed by atoms with Crippen LogP contribution in [0.1, 0.15) is 48.0 Å². The molecule has 1 aliphatic carbocycles. The fraction of sp³-hybridized carbons (Fsp3) is 0.923. The first-order valence-corrected chi connectivity index (χ1v) is 6.04. The summed E-state index contributed by atoms with van der Waals surface area (Å²) in [6.07, 6.45) is 0.389. The zero-order valence-corrected chi connectivity index (χ0v) is 11.5. The van der Waals surface area contributed by atoms with Gasteiger partial charge in [-0.1, -0.05) is 27.7 Å². The largest absolute Gasteiger partial charge is 0.356 e. The molecule has 1 rings (SSSR count). The van der Waals surface area contributed by atoms with E-state index in [1.807, 2.05) is 13.8 Å². The van der Waals surface area contributed by atoms with Crippen molar-refractivity contribution < 1.29 is 4.79 Å². The Balaban J connectivity index is 2.36. The molecule has 0 heterocycles. The minimum atomic E-state index is -0.418.